The lowest BCUT2D eigenvalue weighted by atomic mass is 10.6. The molecule has 1 amide bonds. The summed E-state index contributed by atoms with van der Waals surface area (Å²) < 4.78 is 0. The second-order valence-corrected chi connectivity index (χ2v) is 3.00. The minimum Gasteiger partial charge on any atom is -0.369 e. The predicted octanol–water partition coefficient (Wildman–Crippen LogP) is -0.572. The molecule has 0 bridgehead atoms. The summed E-state index contributed by atoms with van der Waals surface area (Å²) in [5, 5.41) is 2.88. The summed E-state index contributed by atoms with van der Waals surface area (Å²) in [6, 6.07) is 0. The maximum atomic E-state index is 10.2. The molecular weight excluding hydrogens is 160 g/mol. The fourth-order valence-electron chi connectivity index (χ4n) is 0.487. The molecule has 0 aromatic heterocycles. The Bertz CT molecular complexity index is 153. The number of hydrogen-bond donors (Lipinski definition) is 2. The van der Waals surface area contributed by atoms with E-state index in [0.29, 0.717) is 0 Å². The second-order valence-electron chi connectivity index (χ2n) is 1.90. The molecule has 62 valence electrons. The third-order valence-electron chi connectivity index (χ3n) is 0.908. The third kappa shape index (κ3) is 9.34. The zero-order valence-corrected chi connectivity index (χ0v) is 7.12. The van der Waals surface area contributed by atoms with Gasteiger partial charge in [0.25, 0.3) is 0 Å². The van der Waals surface area contributed by atoms with Gasteiger partial charge in [-0.25, -0.2) is 0 Å². The Kier molecular flexibility index (Phi) is 7.00. The molecule has 0 aliphatic heterocycles. The molecule has 3 N–H and O–H groups in total. The van der Waals surface area contributed by atoms with Crippen LogP contribution in [-0.4, -0.2) is 30.5 Å². The fourth-order valence-corrected chi connectivity index (χ4v) is 1.04. The first-order valence-corrected chi connectivity index (χ1v) is 4.43. The van der Waals surface area contributed by atoms with Gasteiger partial charge in [-0.05, 0) is 0 Å². The van der Waals surface area contributed by atoms with Crippen LogP contribution in [0.1, 0.15) is 0 Å². The van der Waals surface area contributed by atoms with Crippen molar-refractivity contribution in [1.29, 1.82) is 0 Å². The van der Waals surface area contributed by atoms with Gasteiger partial charge in [-0.15, -0.1) is 18.2 Å². The molecule has 0 spiro atoms. The predicted molar refractivity (Wildman–Crippen MR) is 48.2 cm³/mol. The van der Waals surface area contributed by atoms with Crippen molar-refractivity contribution in [2.45, 2.75) is 0 Å². The van der Waals surface area contributed by atoms with E-state index in [1.165, 1.54) is 0 Å². The molecule has 0 aliphatic carbocycles. The molecule has 3 nitrogen and oxygen atoms in total. The van der Waals surface area contributed by atoms with Crippen molar-refractivity contribution in [3.8, 4) is 12.3 Å². The Labute approximate surface area is 71.1 Å². The molecule has 0 saturated heterocycles. The number of carbonyl (C=O) groups is 1. The molecular formula is C7H12N2OS. The standard InChI is InChI=1S/C7H12N2OS/c1-2-4-11-5-3-9-6-7(8)10/h1,9H,3-6H2,(H2,8,10). The van der Waals surface area contributed by atoms with Gasteiger partial charge in [0.2, 0.25) is 5.91 Å². The quantitative estimate of drug-likeness (QED) is 0.416. The maximum absolute atomic E-state index is 10.2. The molecule has 0 fully saturated rings. The summed E-state index contributed by atoms with van der Waals surface area (Å²) in [4.78, 5) is 10.2. The summed E-state index contributed by atoms with van der Waals surface area (Å²) in [5.41, 5.74) is 4.89. The van der Waals surface area contributed by atoms with E-state index >= 15 is 0 Å². The van der Waals surface area contributed by atoms with Crippen molar-refractivity contribution < 1.29 is 4.79 Å². The lowest BCUT2D eigenvalue weighted by Crippen LogP contribution is -2.29. The fraction of sp³-hybridized carbons (Fsp3) is 0.571. The van der Waals surface area contributed by atoms with Gasteiger partial charge in [-0.1, -0.05) is 5.92 Å². The molecule has 4 heteroatoms. The van der Waals surface area contributed by atoms with Crippen molar-refractivity contribution in [3.05, 3.63) is 0 Å². The summed E-state index contributed by atoms with van der Waals surface area (Å²) in [7, 11) is 0. The molecule has 0 heterocycles. The highest BCUT2D eigenvalue weighted by Crippen LogP contribution is 1.94. The molecule has 0 saturated carbocycles. The van der Waals surface area contributed by atoms with Gasteiger partial charge in [0.15, 0.2) is 0 Å². The van der Waals surface area contributed by atoms with Crippen LogP contribution in [0.2, 0.25) is 0 Å². The first-order chi connectivity index (χ1) is 5.27. The Hall–Kier alpha value is -0.660. The average Bonchev–Trinajstić information content (AvgIpc) is 1.96. The first-order valence-electron chi connectivity index (χ1n) is 3.27. The van der Waals surface area contributed by atoms with E-state index in [2.05, 4.69) is 11.2 Å². The third-order valence-corrected chi connectivity index (χ3v) is 1.77. The van der Waals surface area contributed by atoms with Crippen LogP contribution in [0.3, 0.4) is 0 Å². The number of carbonyl (C=O) groups excluding carboxylic acids is 1. The van der Waals surface area contributed by atoms with E-state index < -0.39 is 0 Å². The summed E-state index contributed by atoms with van der Waals surface area (Å²) in [6.45, 7) is 1.02. The van der Waals surface area contributed by atoms with Gasteiger partial charge in [0.05, 0.1) is 12.3 Å². The number of rotatable bonds is 6. The van der Waals surface area contributed by atoms with Gasteiger partial charge >= 0.3 is 0 Å². The number of primary amides is 1. The molecule has 0 aliphatic rings. The largest absolute Gasteiger partial charge is 0.369 e. The highest BCUT2D eigenvalue weighted by atomic mass is 32.2. The Balaban J connectivity index is 2.92. The first kappa shape index (κ1) is 10.3. The molecule has 0 aromatic rings. The number of amides is 1. The number of nitrogens with two attached hydrogens (primary N) is 1. The Morgan fingerprint density at radius 2 is 2.45 bits per heavy atom. The zero-order chi connectivity index (χ0) is 8.53. The van der Waals surface area contributed by atoms with Gasteiger partial charge < -0.3 is 11.1 Å². The number of hydrogen-bond acceptors (Lipinski definition) is 3. The summed E-state index contributed by atoms with van der Waals surface area (Å²) in [5.74, 6) is 3.82. The van der Waals surface area contributed by atoms with Crippen molar-refractivity contribution in [1.82, 2.24) is 5.32 Å². The van der Waals surface area contributed by atoms with Crippen molar-refractivity contribution >= 4 is 17.7 Å². The lowest BCUT2D eigenvalue weighted by molar-refractivity contribution is -0.117. The molecule has 0 unspecified atom stereocenters. The number of terminal acetylenes is 1. The van der Waals surface area contributed by atoms with Crippen LogP contribution < -0.4 is 11.1 Å². The molecule has 0 atom stereocenters. The number of nitrogens with one attached hydrogen (secondary N) is 1. The van der Waals surface area contributed by atoms with Crippen molar-refractivity contribution in [3.63, 3.8) is 0 Å². The van der Waals surface area contributed by atoms with Crippen LogP contribution in [0.15, 0.2) is 0 Å². The van der Waals surface area contributed by atoms with E-state index in [0.717, 1.165) is 18.1 Å². The Morgan fingerprint density at radius 1 is 1.73 bits per heavy atom. The highest BCUT2D eigenvalue weighted by Gasteiger charge is 1.91. The van der Waals surface area contributed by atoms with Crippen LogP contribution in [0.25, 0.3) is 0 Å². The van der Waals surface area contributed by atoms with Gasteiger partial charge in [0.1, 0.15) is 0 Å². The van der Waals surface area contributed by atoms with Crippen LogP contribution in [0, 0.1) is 12.3 Å². The lowest BCUT2D eigenvalue weighted by Gasteiger charge is -1.99. The monoisotopic (exact) mass is 172 g/mol. The van der Waals surface area contributed by atoms with Gasteiger partial charge in [-0.2, -0.15) is 0 Å². The van der Waals surface area contributed by atoms with Crippen molar-refractivity contribution in [2.24, 2.45) is 5.73 Å². The Morgan fingerprint density at radius 3 is 3.00 bits per heavy atom. The minimum atomic E-state index is -0.327. The van der Waals surface area contributed by atoms with E-state index in [1.54, 1.807) is 11.8 Å². The molecule has 0 radical (unpaired) electrons. The molecule has 11 heavy (non-hydrogen) atoms. The topological polar surface area (TPSA) is 55.1 Å². The van der Waals surface area contributed by atoms with Crippen LogP contribution in [0.4, 0.5) is 0 Å². The molecule has 0 aromatic carbocycles. The van der Waals surface area contributed by atoms with Crippen LogP contribution >= 0.6 is 11.8 Å². The molecule has 0 rings (SSSR count). The van der Waals surface area contributed by atoms with Gasteiger partial charge in [0, 0.05) is 12.3 Å². The van der Waals surface area contributed by atoms with Crippen LogP contribution in [0.5, 0.6) is 0 Å². The number of thioether (sulfide) groups is 1. The maximum Gasteiger partial charge on any atom is 0.231 e. The summed E-state index contributed by atoms with van der Waals surface area (Å²) >= 11 is 1.65. The smallest absolute Gasteiger partial charge is 0.231 e. The zero-order valence-electron chi connectivity index (χ0n) is 6.30. The summed E-state index contributed by atoms with van der Waals surface area (Å²) in [6.07, 6.45) is 5.03. The van der Waals surface area contributed by atoms with E-state index in [-0.39, 0.29) is 12.5 Å². The van der Waals surface area contributed by atoms with Crippen molar-refractivity contribution in [2.75, 3.05) is 24.6 Å². The highest BCUT2D eigenvalue weighted by molar-refractivity contribution is 7.99. The second kappa shape index (κ2) is 7.45. The SMILES string of the molecule is C#CCSCCNCC(N)=O. The van der Waals surface area contributed by atoms with Gasteiger partial charge in [-0.3, -0.25) is 4.79 Å². The van der Waals surface area contributed by atoms with Crippen LogP contribution in [-0.2, 0) is 4.79 Å². The normalized spacial score (nSPS) is 9.00. The van der Waals surface area contributed by atoms with E-state index in [1.807, 2.05) is 0 Å². The van der Waals surface area contributed by atoms with E-state index in [4.69, 9.17) is 12.2 Å². The minimum absolute atomic E-state index is 0.247. The van der Waals surface area contributed by atoms with E-state index in [9.17, 15) is 4.79 Å². The average molecular weight is 172 g/mol.